The number of nitrogens with zero attached hydrogens (tertiary/aromatic N) is 4. The maximum absolute atomic E-state index is 12.5. The molecule has 0 bridgehead atoms. The number of hydrogen-bond acceptors (Lipinski definition) is 6. The molecule has 10 heteroatoms. The Morgan fingerprint density at radius 2 is 1.89 bits per heavy atom. The summed E-state index contributed by atoms with van der Waals surface area (Å²) in [5, 5.41) is 5.72. The topological polar surface area (TPSA) is 92.7 Å². The van der Waals surface area contributed by atoms with E-state index in [0.717, 1.165) is 22.5 Å². The van der Waals surface area contributed by atoms with Crippen LogP contribution in [0, 0.1) is 6.92 Å². The van der Waals surface area contributed by atoms with Crippen LogP contribution in [0.3, 0.4) is 0 Å². The van der Waals surface area contributed by atoms with Crippen LogP contribution < -0.4 is 10.6 Å². The highest BCUT2D eigenvalue weighted by molar-refractivity contribution is 6.06. The quantitative estimate of drug-likeness (QED) is 0.391. The molecule has 4 rings (SSSR count). The van der Waals surface area contributed by atoms with Gasteiger partial charge in [-0.3, -0.25) is 14.8 Å². The molecule has 3 heterocycles. The smallest absolute Gasteiger partial charge is 0.369 e. The maximum atomic E-state index is 12.5. The van der Waals surface area contributed by atoms with Crippen LogP contribution >= 0.6 is 0 Å². The number of carbonyl (C=O) groups excluding carboxylic acids is 1. The monoisotopic (exact) mass is 480 g/mol. The van der Waals surface area contributed by atoms with Crippen LogP contribution in [0.4, 0.5) is 19.0 Å². The molecule has 7 nitrogen and oxygen atoms in total. The van der Waals surface area contributed by atoms with E-state index >= 15 is 0 Å². The number of pyridine rings is 2. The molecule has 0 unspecified atom stereocenters. The minimum Gasteiger partial charge on any atom is -0.369 e. The second-order valence-corrected chi connectivity index (χ2v) is 8.16. The average Bonchev–Trinajstić information content (AvgIpc) is 2.85. The Balaban J connectivity index is 1.52. The molecule has 0 spiro atoms. The van der Waals surface area contributed by atoms with Gasteiger partial charge in [0.25, 0.3) is 5.91 Å². The fraction of sp³-hybridized carbons (Fsp3) is 0.240. The molecule has 0 saturated heterocycles. The second kappa shape index (κ2) is 10.0. The van der Waals surface area contributed by atoms with E-state index in [1.165, 1.54) is 18.6 Å². The molecule has 2 N–H and O–H groups in total. The van der Waals surface area contributed by atoms with Gasteiger partial charge in [-0.15, -0.1) is 0 Å². The lowest BCUT2D eigenvalue weighted by Crippen LogP contribution is -2.33. The van der Waals surface area contributed by atoms with Crippen LogP contribution in [0.15, 0.2) is 61.2 Å². The minimum absolute atomic E-state index is 0.0425. The number of anilines is 1. The first kappa shape index (κ1) is 24.1. The van der Waals surface area contributed by atoms with Gasteiger partial charge in [-0.1, -0.05) is 25.1 Å². The molecule has 1 atom stereocenters. The van der Waals surface area contributed by atoms with E-state index in [-0.39, 0.29) is 11.5 Å². The van der Waals surface area contributed by atoms with Crippen molar-refractivity contribution in [2.24, 2.45) is 0 Å². The molecule has 3 aromatic heterocycles. The number of rotatable bonds is 7. The van der Waals surface area contributed by atoms with Crippen molar-refractivity contribution in [1.29, 1.82) is 0 Å². The molecular formula is C25H23F3N6O. The SMILES string of the molecule is Cc1ccc(-c2cc(NC[C@@H](C)c3cccc4c(C(=O)NCC(F)(F)F)ccnc34)ncn2)cn1. The average molecular weight is 480 g/mol. The van der Waals surface area contributed by atoms with E-state index in [9.17, 15) is 18.0 Å². The van der Waals surface area contributed by atoms with Crippen LogP contribution in [-0.2, 0) is 0 Å². The Kier molecular flexibility index (Phi) is 6.90. The third-order valence-corrected chi connectivity index (χ3v) is 5.49. The van der Waals surface area contributed by atoms with Crippen molar-refractivity contribution in [2.75, 3.05) is 18.4 Å². The van der Waals surface area contributed by atoms with Crippen molar-refractivity contribution in [1.82, 2.24) is 25.3 Å². The van der Waals surface area contributed by atoms with Gasteiger partial charge in [0.2, 0.25) is 0 Å². The van der Waals surface area contributed by atoms with Gasteiger partial charge >= 0.3 is 6.18 Å². The van der Waals surface area contributed by atoms with Gasteiger partial charge in [0.05, 0.1) is 16.8 Å². The third kappa shape index (κ3) is 5.89. The van der Waals surface area contributed by atoms with Gasteiger partial charge < -0.3 is 10.6 Å². The number of halogens is 3. The lowest BCUT2D eigenvalue weighted by molar-refractivity contribution is -0.123. The lowest BCUT2D eigenvalue weighted by Gasteiger charge is -2.17. The molecule has 4 aromatic rings. The highest BCUT2D eigenvalue weighted by Gasteiger charge is 2.28. The van der Waals surface area contributed by atoms with Crippen molar-refractivity contribution in [3.05, 3.63) is 78.0 Å². The van der Waals surface area contributed by atoms with Gasteiger partial charge in [-0.05, 0) is 30.7 Å². The molecular weight excluding hydrogens is 457 g/mol. The lowest BCUT2D eigenvalue weighted by atomic mass is 9.96. The summed E-state index contributed by atoms with van der Waals surface area (Å²) in [6.07, 6.45) is 0.184. The van der Waals surface area contributed by atoms with Crippen LogP contribution in [0.2, 0.25) is 0 Å². The fourth-order valence-electron chi connectivity index (χ4n) is 3.67. The predicted octanol–water partition coefficient (Wildman–Crippen LogP) is 4.90. The number of carbonyl (C=O) groups is 1. The summed E-state index contributed by atoms with van der Waals surface area (Å²) in [6.45, 7) is 3.02. The number of para-hydroxylation sites is 1. The van der Waals surface area contributed by atoms with Crippen LogP contribution in [0.1, 0.15) is 34.5 Å². The standard InChI is InChI=1S/C25H23F3N6O/c1-15(11-31-22-10-21(33-14-34-22)17-7-6-16(2)30-12-17)18-4-3-5-19-20(8-9-29-23(18)19)24(35)32-13-25(26,27)28/h3-10,12,14-15H,11,13H2,1-2H3,(H,32,35)(H,31,33,34)/t15-/m1/s1. The summed E-state index contributed by atoms with van der Waals surface area (Å²) < 4.78 is 37.6. The summed E-state index contributed by atoms with van der Waals surface area (Å²) in [5.74, 6) is -0.196. The first-order valence-corrected chi connectivity index (χ1v) is 10.9. The maximum Gasteiger partial charge on any atom is 0.405 e. The number of aromatic nitrogens is 4. The molecule has 180 valence electrons. The van der Waals surface area contributed by atoms with Gasteiger partial charge in [-0.2, -0.15) is 13.2 Å². The molecule has 0 aliphatic rings. The van der Waals surface area contributed by atoms with Crippen LogP contribution in [-0.4, -0.2) is 45.1 Å². The van der Waals surface area contributed by atoms with E-state index in [1.807, 2.05) is 43.4 Å². The van der Waals surface area contributed by atoms with Crippen molar-refractivity contribution in [3.8, 4) is 11.3 Å². The van der Waals surface area contributed by atoms with E-state index in [1.54, 1.807) is 18.3 Å². The fourth-order valence-corrected chi connectivity index (χ4v) is 3.67. The van der Waals surface area contributed by atoms with E-state index in [4.69, 9.17) is 0 Å². The normalized spacial score (nSPS) is 12.4. The van der Waals surface area contributed by atoms with Gasteiger partial charge in [-0.25, -0.2) is 9.97 Å². The largest absolute Gasteiger partial charge is 0.405 e. The zero-order valence-electron chi connectivity index (χ0n) is 19.1. The zero-order chi connectivity index (χ0) is 25.0. The summed E-state index contributed by atoms with van der Waals surface area (Å²) in [4.78, 5) is 29.7. The Hall–Kier alpha value is -4.08. The summed E-state index contributed by atoms with van der Waals surface area (Å²) >= 11 is 0. The summed E-state index contributed by atoms with van der Waals surface area (Å²) in [5.41, 5.74) is 4.11. The number of alkyl halides is 3. The summed E-state index contributed by atoms with van der Waals surface area (Å²) in [6, 6.07) is 12.5. The van der Waals surface area contributed by atoms with Crippen molar-refractivity contribution < 1.29 is 18.0 Å². The number of hydrogen-bond donors (Lipinski definition) is 2. The Bertz CT molecular complexity index is 1340. The van der Waals surface area contributed by atoms with Crippen molar-refractivity contribution >= 4 is 22.6 Å². The van der Waals surface area contributed by atoms with E-state index in [0.29, 0.717) is 23.3 Å². The molecule has 0 saturated carbocycles. The Labute approximate surface area is 199 Å². The molecule has 1 amide bonds. The van der Waals surface area contributed by atoms with Crippen LogP contribution in [0.25, 0.3) is 22.2 Å². The van der Waals surface area contributed by atoms with Gasteiger partial charge in [0.15, 0.2) is 0 Å². The second-order valence-electron chi connectivity index (χ2n) is 8.16. The van der Waals surface area contributed by atoms with E-state index in [2.05, 4.69) is 25.3 Å². The number of amides is 1. The Morgan fingerprint density at radius 3 is 2.63 bits per heavy atom. The number of aryl methyl sites for hydroxylation is 1. The predicted molar refractivity (Wildman–Crippen MR) is 127 cm³/mol. The highest BCUT2D eigenvalue weighted by Crippen LogP contribution is 2.27. The molecule has 35 heavy (non-hydrogen) atoms. The Morgan fingerprint density at radius 1 is 1.06 bits per heavy atom. The minimum atomic E-state index is -4.49. The molecule has 0 aliphatic heterocycles. The van der Waals surface area contributed by atoms with Crippen molar-refractivity contribution in [2.45, 2.75) is 25.9 Å². The van der Waals surface area contributed by atoms with Gasteiger partial charge in [0, 0.05) is 47.6 Å². The molecule has 0 fully saturated rings. The number of nitrogens with one attached hydrogen (secondary N) is 2. The number of fused-ring (bicyclic) bond motifs is 1. The highest BCUT2D eigenvalue weighted by atomic mass is 19.4. The molecule has 1 aromatic carbocycles. The van der Waals surface area contributed by atoms with Crippen molar-refractivity contribution in [3.63, 3.8) is 0 Å². The zero-order valence-corrected chi connectivity index (χ0v) is 19.1. The van der Waals surface area contributed by atoms with Crippen LogP contribution in [0.5, 0.6) is 0 Å². The summed E-state index contributed by atoms with van der Waals surface area (Å²) in [7, 11) is 0. The number of benzene rings is 1. The van der Waals surface area contributed by atoms with E-state index < -0.39 is 18.6 Å². The molecule has 0 aliphatic carbocycles. The molecule has 0 radical (unpaired) electrons. The van der Waals surface area contributed by atoms with Gasteiger partial charge in [0.1, 0.15) is 18.7 Å². The third-order valence-electron chi connectivity index (χ3n) is 5.49. The first-order chi connectivity index (χ1) is 16.7. The first-order valence-electron chi connectivity index (χ1n) is 10.9.